The molecule has 0 unspecified atom stereocenters. The minimum atomic E-state index is 0.988. The molecule has 0 atom stereocenters. The molecule has 0 radical (unpaired) electrons. The third-order valence-corrected chi connectivity index (χ3v) is 0.714. The molecule has 0 amide bonds. The minimum absolute atomic E-state index is 0.988. The summed E-state index contributed by atoms with van der Waals surface area (Å²) in [5.74, 6) is 0. The van der Waals surface area contributed by atoms with Crippen LogP contribution in [0.4, 0.5) is 0 Å². The van der Waals surface area contributed by atoms with Gasteiger partial charge in [-0.2, -0.15) is 0 Å². The van der Waals surface area contributed by atoms with E-state index in [-0.39, 0.29) is 0 Å². The van der Waals surface area contributed by atoms with Crippen molar-refractivity contribution in [3.8, 4) is 0 Å². The molecular formula is C9H19N. The van der Waals surface area contributed by atoms with E-state index in [0.29, 0.717) is 0 Å². The second kappa shape index (κ2) is 11.3. The van der Waals surface area contributed by atoms with Gasteiger partial charge in [-0.3, -0.25) is 0 Å². The van der Waals surface area contributed by atoms with Gasteiger partial charge in [-0.15, -0.1) is 6.58 Å². The van der Waals surface area contributed by atoms with Crippen molar-refractivity contribution in [2.24, 2.45) is 0 Å². The summed E-state index contributed by atoms with van der Waals surface area (Å²) in [6.07, 6.45) is 3.90. The fraction of sp³-hybridized carbons (Fsp3) is 0.556. The zero-order valence-corrected chi connectivity index (χ0v) is 7.57. The molecule has 0 spiro atoms. The van der Waals surface area contributed by atoms with Crippen LogP contribution in [0.25, 0.3) is 0 Å². The Morgan fingerprint density at radius 2 is 1.90 bits per heavy atom. The molecule has 1 N–H and O–H groups in total. The Hall–Kier alpha value is -0.560. The predicted molar refractivity (Wildman–Crippen MR) is 49.2 cm³/mol. The summed E-state index contributed by atoms with van der Waals surface area (Å²) in [6.45, 7) is 10.4. The van der Waals surface area contributed by atoms with Crippen LogP contribution in [0.3, 0.4) is 0 Å². The van der Waals surface area contributed by atoms with E-state index in [1.165, 1.54) is 5.57 Å². The molecule has 0 aliphatic rings. The van der Waals surface area contributed by atoms with E-state index < -0.39 is 0 Å². The number of hydrogen-bond acceptors (Lipinski definition) is 1. The molecule has 0 rings (SSSR count). The summed E-state index contributed by atoms with van der Waals surface area (Å²) in [4.78, 5) is 0. The summed E-state index contributed by atoms with van der Waals surface area (Å²) >= 11 is 0. The van der Waals surface area contributed by atoms with Crippen molar-refractivity contribution >= 4 is 0 Å². The topological polar surface area (TPSA) is 12.0 Å². The Morgan fingerprint density at radius 3 is 2.00 bits per heavy atom. The molecule has 60 valence electrons. The first-order chi connectivity index (χ1) is 4.68. The van der Waals surface area contributed by atoms with E-state index in [1.807, 2.05) is 14.0 Å². The van der Waals surface area contributed by atoms with Gasteiger partial charge in [0.15, 0.2) is 0 Å². The van der Waals surface area contributed by atoms with Crippen LogP contribution in [0.2, 0.25) is 0 Å². The lowest BCUT2D eigenvalue weighted by atomic mass is 10.3. The Labute approximate surface area is 64.8 Å². The molecule has 0 fully saturated rings. The molecule has 1 heteroatoms. The molecule has 10 heavy (non-hydrogen) atoms. The van der Waals surface area contributed by atoms with Crippen LogP contribution >= 0.6 is 0 Å². The molecule has 0 aliphatic heterocycles. The fourth-order valence-electron chi connectivity index (χ4n) is 0.306. The SMILES string of the molecule is C=CC.CNCC=C(C)C. The minimum Gasteiger partial charge on any atom is -0.316 e. The highest BCUT2D eigenvalue weighted by Crippen LogP contribution is 1.83. The van der Waals surface area contributed by atoms with Crippen molar-refractivity contribution in [3.05, 3.63) is 24.3 Å². The van der Waals surface area contributed by atoms with Gasteiger partial charge in [-0.25, -0.2) is 0 Å². The third kappa shape index (κ3) is 26.1. The molecule has 0 aliphatic carbocycles. The van der Waals surface area contributed by atoms with Gasteiger partial charge in [0, 0.05) is 6.54 Å². The predicted octanol–water partition coefficient (Wildman–Crippen LogP) is 2.36. The van der Waals surface area contributed by atoms with E-state index in [4.69, 9.17) is 0 Å². The van der Waals surface area contributed by atoms with Crippen molar-refractivity contribution in [2.45, 2.75) is 20.8 Å². The number of rotatable bonds is 2. The quantitative estimate of drug-likeness (QED) is 0.582. The third-order valence-electron chi connectivity index (χ3n) is 0.714. The maximum atomic E-state index is 3.36. The Bertz CT molecular complexity index is 88.9. The summed E-state index contributed by atoms with van der Waals surface area (Å²) in [5.41, 5.74) is 1.37. The van der Waals surface area contributed by atoms with Crippen LogP contribution < -0.4 is 5.32 Å². The molecule has 0 saturated carbocycles. The smallest absolute Gasteiger partial charge is 0.0134 e. The Balaban J connectivity index is 0. The first kappa shape index (κ1) is 12.1. The zero-order valence-electron chi connectivity index (χ0n) is 7.57. The largest absolute Gasteiger partial charge is 0.316 e. The van der Waals surface area contributed by atoms with Crippen molar-refractivity contribution in [2.75, 3.05) is 13.6 Å². The van der Waals surface area contributed by atoms with Gasteiger partial charge in [0.1, 0.15) is 0 Å². The Morgan fingerprint density at radius 1 is 1.50 bits per heavy atom. The van der Waals surface area contributed by atoms with Crippen LogP contribution in [-0.2, 0) is 0 Å². The molecule has 1 nitrogen and oxygen atoms in total. The van der Waals surface area contributed by atoms with Crippen molar-refractivity contribution in [1.82, 2.24) is 5.32 Å². The molecule has 0 saturated heterocycles. The van der Waals surface area contributed by atoms with E-state index in [9.17, 15) is 0 Å². The monoisotopic (exact) mass is 141 g/mol. The average Bonchev–Trinajstić information content (AvgIpc) is 1.85. The van der Waals surface area contributed by atoms with Gasteiger partial charge in [-0.1, -0.05) is 17.7 Å². The van der Waals surface area contributed by atoms with Crippen molar-refractivity contribution in [1.29, 1.82) is 0 Å². The van der Waals surface area contributed by atoms with E-state index >= 15 is 0 Å². The molecule has 0 aromatic carbocycles. The molecule has 0 bridgehead atoms. The molecular weight excluding hydrogens is 122 g/mol. The summed E-state index contributed by atoms with van der Waals surface area (Å²) in [6, 6.07) is 0. The fourth-order valence-corrected chi connectivity index (χ4v) is 0.306. The number of nitrogens with one attached hydrogen (secondary N) is 1. The summed E-state index contributed by atoms with van der Waals surface area (Å²) in [5, 5.41) is 3.02. The lowest BCUT2D eigenvalue weighted by Gasteiger charge is -1.88. The van der Waals surface area contributed by atoms with Gasteiger partial charge in [0.05, 0.1) is 0 Å². The van der Waals surface area contributed by atoms with Crippen LogP contribution in [0.15, 0.2) is 24.3 Å². The Kier molecular flexibility index (Phi) is 13.7. The van der Waals surface area contributed by atoms with Crippen LogP contribution in [0, 0.1) is 0 Å². The maximum absolute atomic E-state index is 3.36. The van der Waals surface area contributed by atoms with Crippen LogP contribution in [0.5, 0.6) is 0 Å². The lowest BCUT2D eigenvalue weighted by Crippen LogP contribution is -2.04. The van der Waals surface area contributed by atoms with E-state index in [0.717, 1.165) is 6.54 Å². The van der Waals surface area contributed by atoms with Crippen LogP contribution in [0.1, 0.15) is 20.8 Å². The van der Waals surface area contributed by atoms with Crippen LogP contribution in [-0.4, -0.2) is 13.6 Å². The normalized spacial score (nSPS) is 7.20. The number of likely N-dealkylation sites (N-methyl/N-ethyl adjacent to an activating group) is 1. The molecule has 0 aromatic rings. The zero-order chi connectivity index (χ0) is 8.41. The summed E-state index contributed by atoms with van der Waals surface area (Å²) in [7, 11) is 1.94. The van der Waals surface area contributed by atoms with Gasteiger partial charge in [-0.05, 0) is 27.8 Å². The first-order valence-corrected chi connectivity index (χ1v) is 3.54. The highest BCUT2D eigenvalue weighted by atomic mass is 14.8. The second-order valence-corrected chi connectivity index (χ2v) is 2.25. The van der Waals surface area contributed by atoms with Gasteiger partial charge < -0.3 is 5.32 Å². The van der Waals surface area contributed by atoms with Crippen molar-refractivity contribution in [3.63, 3.8) is 0 Å². The first-order valence-electron chi connectivity index (χ1n) is 3.54. The van der Waals surface area contributed by atoms with E-state index in [2.05, 4.69) is 31.8 Å². The van der Waals surface area contributed by atoms with Gasteiger partial charge in [0.25, 0.3) is 0 Å². The van der Waals surface area contributed by atoms with Crippen molar-refractivity contribution < 1.29 is 0 Å². The highest BCUT2D eigenvalue weighted by Gasteiger charge is 1.71. The number of allylic oxidation sites excluding steroid dienone is 2. The highest BCUT2D eigenvalue weighted by molar-refractivity contribution is 4.93. The molecule has 0 aromatic heterocycles. The van der Waals surface area contributed by atoms with E-state index in [1.54, 1.807) is 6.08 Å². The van der Waals surface area contributed by atoms with Gasteiger partial charge in [0.2, 0.25) is 0 Å². The summed E-state index contributed by atoms with van der Waals surface area (Å²) < 4.78 is 0. The second-order valence-electron chi connectivity index (χ2n) is 2.25. The van der Waals surface area contributed by atoms with Gasteiger partial charge >= 0.3 is 0 Å². The standard InChI is InChI=1S/C6H13N.C3H6/c1-6(2)4-5-7-3;1-3-2/h4,7H,5H2,1-3H3;3H,1H2,2H3. The maximum Gasteiger partial charge on any atom is 0.0134 e. The number of hydrogen-bond donors (Lipinski definition) is 1. The average molecular weight is 141 g/mol. The molecule has 0 heterocycles. The lowest BCUT2D eigenvalue weighted by molar-refractivity contribution is 0.912.